The molecular weight excluding hydrogens is 615 g/mol. The number of hydrogen-bond donors (Lipinski definition) is 3. The first-order chi connectivity index (χ1) is 22.1. The molecule has 4 aromatic heterocycles. The molecule has 1 atom stereocenters. The summed E-state index contributed by atoms with van der Waals surface area (Å²) < 4.78 is 44.7. The van der Waals surface area contributed by atoms with E-state index in [9.17, 15) is 22.4 Å². The number of pyridine rings is 1. The fraction of sp³-hybridized carbons (Fsp3) is 0.226. The number of para-hydroxylation sites is 1. The Balaban J connectivity index is 0.000000185. The van der Waals surface area contributed by atoms with Crippen molar-refractivity contribution in [1.82, 2.24) is 39.3 Å². The van der Waals surface area contributed by atoms with Crippen molar-refractivity contribution in [2.24, 2.45) is 0 Å². The van der Waals surface area contributed by atoms with Crippen LogP contribution >= 0.6 is 0 Å². The van der Waals surface area contributed by atoms with E-state index in [0.29, 0.717) is 37.0 Å². The zero-order valence-corrected chi connectivity index (χ0v) is 25.4. The predicted molar refractivity (Wildman–Crippen MR) is 166 cm³/mol. The van der Waals surface area contributed by atoms with Crippen LogP contribution in [-0.4, -0.2) is 60.1 Å². The summed E-state index contributed by atoms with van der Waals surface area (Å²) in [6, 6.07) is 16.0. The van der Waals surface area contributed by atoms with Crippen molar-refractivity contribution in [2.75, 3.05) is 0 Å². The Kier molecular flexibility index (Phi) is 8.42. The fourth-order valence-electron chi connectivity index (χ4n) is 5.74. The largest absolute Gasteiger partial charge is 0.481 e. The summed E-state index contributed by atoms with van der Waals surface area (Å²) in [5, 5.41) is 23.4. The van der Waals surface area contributed by atoms with E-state index in [1.165, 1.54) is 22.7 Å². The van der Waals surface area contributed by atoms with Crippen molar-refractivity contribution >= 4 is 32.5 Å². The third-order valence-electron chi connectivity index (χ3n) is 7.88. The van der Waals surface area contributed by atoms with E-state index in [1.807, 2.05) is 41.8 Å². The van der Waals surface area contributed by atoms with E-state index in [-0.39, 0.29) is 28.7 Å². The molecule has 0 spiro atoms. The Morgan fingerprint density at radius 2 is 1.91 bits per heavy atom. The second-order valence-corrected chi connectivity index (χ2v) is 12.6. The number of carboxylic acid groups (broad SMARTS) is 1. The van der Waals surface area contributed by atoms with Crippen LogP contribution in [0.25, 0.3) is 27.9 Å². The summed E-state index contributed by atoms with van der Waals surface area (Å²) in [4.78, 5) is 27.5. The molecular formula is C31H29FN8O5S. The minimum Gasteiger partial charge on any atom is -0.481 e. The van der Waals surface area contributed by atoms with E-state index in [1.54, 1.807) is 12.3 Å². The summed E-state index contributed by atoms with van der Waals surface area (Å²) in [6.45, 7) is 2.28. The molecule has 0 bridgehead atoms. The van der Waals surface area contributed by atoms with Crippen LogP contribution in [0.1, 0.15) is 29.7 Å². The minimum absolute atomic E-state index is 0.0335. The van der Waals surface area contributed by atoms with Crippen LogP contribution in [0.15, 0.2) is 82.7 Å². The standard InChI is InChI=1S/C21H21FN2O4S.C10H8N6O/c22-14-5-8-16(9-6-14)29(27,28)23-15-7-10-20-18(13-15)17-3-1-2-4-19(17)24(20)12-11-21(25)26;1-6-3-2-4-16-9(6)11-5-7(10(16)17)8-12-14-15-13-8/h1-6,8-9,15,23H,7,10-13H2,(H,25,26);2-5H,1H3,(H,12,13,14,15)/t15-;/m1./s1. The lowest BCUT2D eigenvalue weighted by Crippen LogP contribution is -2.39. The van der Waals surface area contributed by atoms with Gasteiger partial charge in [-0.25, -0.2) is 22.5 Å². The number of rotatable bonds is 7. The van der Waals surface area contributed by atoms with Crippen molar-refractivity contribution < 1.29 is 22.7 Å². The molecule has 0 unspecified atom stereocenters. The normalized spacial score (nSPS) is 14.5. The first kappa shape index (κ1) is 30.7. The lowest BCUT2D eigenvalue weighted by Gasteiger charge is -2.25. The maximum Gasteiger partial charge on any atom is 0.305 e. The van der Waals surface area contributed by atoms with Gasteiger partial charge in [0.15, 0.2) is 0 Å². The van der Waals surface area contributed by atoms with Crippen LogP contribution in [0, 0.1) is 12.7 Å². The van der Waals surface area contributed by atoms with Crippen molar-refractivity contribution in [3.8, 4) is 11.4 Å². The number of hydrogen-bond acceptors (Lipinski definition) is 8. The molecule has 7 rings (SSSR count). The third kappa shape index (κ3) is 6.14. The van der Waals surface area contributed by atoms with E-state index >= 15 is 0 Å². The van der Waals surface area contributed by atoms with Gasteiger partial charge in [0.25, 0.3) is 5.56 Å². The second kappa shape index (κ2) is 12.6. The summed E-state index contributed by atoms with van der Waals surface area (Å²) in [7, 11) is -3.75. The van der Waals surface area contributed by atoms with Crippen LogP contribution in [0.5, 0.6) is 0 Å². The molecule has 236 valence electrons. The average molecular weight is 645 g/mol. The highest BCUT2D eigenvalue weighted by atomic mass is 32.2. The van der Waals surface area contributed by atoms with Crippen molar-refractivity contribution in [2.45, 2.75) is 50.1 Å². The van der Waals surface area contributed by atoms with Crippen LogP contribution in [0.4, 0.5) is 4.39 Å². The number of nitrogens with zero attached hydrogens (tertiary/aromatic N) is 6. The molecule has 0 saturated heterocycles. The van der Waals surface area contributed by atoms with E-state index in [0.717, 1.165) is 39.9 Å². The Labute approximate surface area is 261 Å². The van der Waals surface area contributed by atoms with E-state index in [4.69, 9.17) is 5.11 Å². The first-order valence-electron chi connectivity index (χ1n) is 14.4. The molecule has 3 N–H and O–H groups in total. The van der Waals surface area contributed by atoms with Gasteiger partial charge < -0.3 is 9.67 Å². The number of sulfonamides is 1. The van der Waals surface area contributed by atoms with Gasteiger partial charge in [-0.05, 0) is 78.9 Å². The number of aromatic amines is 1. The maximum atomic E-state index is 13.1. The summed E-state index contributed by atoms with van der Waals surface area (Å²) in [5.41, 5.74) is 4.78. The monoisotopic (exact) mass is 644 g/mol. The number of carbonyl (C=O) groups is 1. The summed E-state index contributed by atoms with van der Waals surface area (Å²) >= 11 is 0. The Morgan fingerprint density at radius 1 is 1.13 bits per heavy atom. The summed E-state index contributed by atoms with van der Waals surface area (Å²) in [5.74, 6) is -1.09. The smallest absolute Gasteiger partial charge is 0.305 e. The number of aromatic nitrogens is 7. The summed E-state index contributed by atoms with van der Waals surface area (Å²) in [6.07, 6.45) is 4.95. The molecule has 0 aliphatic heterocycles. The highest BCUT2D eigenvalue weighted by Gasteiger charge is 2.28. The van der Waals surface area contributed by atoms with Gasteiger partial charge in [0.05, 0.1) is 11.3 Å². The van der Waals surface area contributed by atoms with Gasteiger partial charge >= 0.3 is 5.97 Å². The third-order valence-corrected chi connectivity index (χ3v) is 9.42. The lowest BCUT2D eigenvalue weighted by molar-refractivity contribution is -0.137. The van der Waals surface area contributed by atoms with E-state index in [2.05, 4.69) is 30.3 Å². The number of fused-ring (bicyclic) bond motifs is 4. The molecule has 15 heteroatoms. The molecule has 0 saturated carbocycles. The Bertz CT molecular complexity index is 2210. The quantitative estimate of drug-likeness (QED) is 0.235. The molecule has 0 amide bonds. The van der Waals surface area contributed by atoms with Crippen LogP contribution in [-0.2, 0) is 34.2 Å². The molecule has 0 fully saturated rings. The van der Waals surface area contributed by atoms with Crippen LogP contribution in [0.3, 0.4) is 0 Å². The molecule has 13 nitrogen and oxygen atoms in total. The number of tetrazole rings is 1. The van der Waals surface area contributed by atoms with Gasteiger partial charge in [-0.15, -0.1) is 10.2 Å². The minimum atomic E-state index is -3.75. The highest BCUT2D eigenvalue weighted by Crippen LogP contribution is 2.33. The SMILES string of the molecule is Cc1cccn2c(=O)c(-c3nn[nH]n3)cnc12.O=C(O)CCn1c2c(c3ccccc31)C[C@H](NS(=O)(=O)c1ccc(F)cc1)CC2. The fourth-order valence-corrected chi connectivity index (χ4v) is 7.01. The molecule has 0 radical (unpaired) electrons. The first-order valence-corrected chi connectivity index (χ1v) is 15.9. The molecule has 1 aliphatic rings. The van der Waals surface area contributed by atoms with Crippen molar-refractivity contribution in [3.05, 3.63) is 106 Å². The predicted octanol–water partition coefficient (Wildman–Crippen LogP) is 3.27. The average Bonchev–Trinajstić information content (AvgIpc) is 3.68. The number of carboxylic acids is 1. The van der Waals surface area contributed by atoms with Gasteiger partial charge in [0.2, 0.25) is 15.8 Å². The molecule has 1 aliphatic carbocycles. The number of halogens is 1. The maximum absolute atomic E-state index is 13.1. The number of nitrogens with one attached hydrogen (secondary N) is 2. The number of aryl methyl sites for hydroxylation is 2. The highest BCUT2D eigenvalue weighted by molar-refractivity contribution is 7.89. The van der Waals surface area contributed by atoms with Crippen LogP contribution in [0.2, 0.25) is 0 Å². The van der Waals surface area contributed by atoms with Gasteiger partial charge in [0, 0.05) is 41.6 Å². The van der Waals surface area contributed by atoms with Gasteiger partial charge in [-0.2, -0.15) is 5.21 Å². The van der Waals surface area contributed by atoms with Crippen molar-refractivity contribution in [1.29, 1.82) is 0 Å². The zero-order chi connectivity index (χ0) is 32.4. The van der Waals surface area contributed by atoms with E-state index < -0.39 is 21.8 Å². The molecule has 4 heterocycles. The van der Waals surface area contributed by atoms with Crippen LogP contribution < -0.4 is 10.3 Å². The van der Waals surface area contributed by atoms with Crippen molar-refractivity contribution in [3.63, 3.8) is 0 Å². The van der Waals surface area contributed by atoms with Gasteiger partial charge in [-0.3, -0.25) is 14.0 Å². The number of benzene rings is 2. The van der Waals surface area contributed by atoms with Gasteiger partial charge in [0.1, 0.15) is 17.0 Å². The second-order valence-electron chi connectivity index (χ2n) is 10.8. The number of H-pyrrole nitrogens is 1. The van der Waals surface area contributed by atoms with Gasteiger partial charge in [-0.1, -0.05) is 24.3 Å². The molecule has 46 heavy (non-hydrogen) atoms. The number of aliphatic carboxylic acids is 1. The Morgan fingerprint density at radius 3 is 2.65 bits per heavy atom. The topological polar surface area (TPSA) is 177 Å². The lowest BCUT2D eigenvalue weighted by atomic mass is 9.92. The zero-order valence-electron chi connectivity index (χ0n) is 24.6. The Hall–Kier alpha value is -5.28. The molecule has 2 aromatic carbocycles. The molecule has 6 aromatic rings.